The second-order valence-electron chi connectivity index (χ2n) is 8.60. The second-order valence-corrected chi connectivity index (χ2v) is 9.03. The number of carbonyl (C=O) groups excluding carboxylic acids is 2. The Morgan fingerprint density at radius 3 is 2.27 bits per heavy atom. The Balaban J connectivity index is 2.17. The third-order valence-electron chi connectivity index (χ3n) is 4.77. The Kier molecular flexibility index (Phi) is 7.90. The van der Waals surface area contributed by atoms with Gasteiger partial charge in [-0.25, -0.2) is 0 Å². The van der Waals surface area contributed by atoms with E-state index in [0.29, 0.717) is 10.8 Å². The van der Waals surface area contributed by atoms with E-state index in [9.17, 15) is 9.59 Å². The molecule has 1 N–H and O–H groups in total. The Bertz CT molecular complexity index is 888. The molecule has 0 aliphatic carbocycles. The van der Waals surface area contributed by atoms with Gasteiger partial charge in [0.25, 0.3) is 5.91 Å². The number of hydrogen-bond acceptors (Lipinski definition) is 3. The smallest absolute Gasteiger partial charge is 0.261 e. The van der Waals surface area contributed by atoms with Crippen molar-refractivity contribution in [2.45, 2.75) is 59.7 Å². The summed E-state index contributed by atoms with van der Waals surface area (Å²) in [6.45, 7) is 11.6. The van der Waals surface area contributed by atoms with Crippen molar-refractivity contribution in [2.75, 3.05) is 6.61 Å². The monoisotopic (exact) mass is 430 g/mol. The second kappa shape index (κ2) is 9.98. The number of aryl methyl sites for hydroxylation is 2. The quantitative estimate of drug-likeness (QED) is 0.694. The maximum Gasteiger partial charge on any atom is 0.261 e. The Morgan fingerprint density at radius 2 is 1.70 bits per heavy atom. The number of carbonyl (C=O) groups is 2. The molecule has 0 bridgehead atoms. The van der Waals surface area contributed by atoms with E-state index in [4.69, 9.17) is 16.3 Å². The van der Waals surface area contributed by atoms with E-state index in [0.717, 1.165) is 16.7 Å². The number of rotatable bonds is 7. The van der Waals surface area contributed by atoms with Crippen molar-refractivity contribution in [3.05, 3.63) is 64.2 Å². The van der Waals surface area contributed by atoms with E-state index in [2.05, 4.69) is 5.32 Å². The van der Waals surface area contributed by atoms with E-state index in [-0.39, 0.29) is 25.0 Å². The van der Waals surface area contributed by atoms with Crippen LogP contribution in [0.15, 0.2) is 42.5 Å². The van der Waals surface area contributed by atoms with Gasteiger partial charge in [-0.05, 0) is 82.5 Å². The predicted octanol–water partition coefficient (Wildman–Crippen LogP) is 4.67. The zero-order valence-electron chi connectivity index (χ0n) is 18.6. The van der Waals surface area contributed by atoms with Crippen molar-refractivity contribution >= 4 is 23.4 Å². The molecule has 162 valence electrons. The molecule has 0 saturated carbocycles. The highest BCUT2D eigenvalue weighted by Crippen LogP contribution is 2.18. The van der Waals surface area contributed by atoms with E-state index < -0.39 is 11.6 Å². The van der Waals surface area contributed by atoms with Crippen LogP contribution >= 0.6 is 11.6 Å². The van der Waals surface area contributed by atoms with Gasteiger partial charge in [0, 0.05) is 17.1 Å². The number of nitrogens with one attached hydrogen (secondary N) is 1. The largest absolute Gasteiger partial charge is 0.484 e. The van der Waals surface area contributed by atoms with Crippen molar-refractivity contribution in [1.82, 2.24) is 10.2 Å². The maximum atomic E-state index is 13.0. The van der Waals surface area contributed by atoms with Gasteiger partial charge in [-0.2, -0.15) is 0 Å². The van der Waals surface area contributed by atoms with Gasteiger partial charge in [0.2, 0.25) is 5.91 Å². The Labute approximate surface area is 184 Å². The first-order valence-electron chi connectivity index (χ1n) is 10.0. The van der Waals surface area contributed by atoms with E-state index in [1.165, 1.54) is 4.90 Å². The van der Waals surface area contributed by atoms with Crippen molar-refractivity contribution in [3.8, 4) is 5.75 Å². The standard InChI is InChI=1S/C24H31ClN2O3/c1-16-7-12-21(13-17(16)2)30-15-22(28)27(14-19-8-10-20(25)11-9-19)18(3)23(29)26-24(4,5)6/h7-13,18H,14-15H2,1-6H3,(H,26,29)/t18-/m0/s1. The highest BCUT2D eigenvalue weighted by molar-refractivity contribution is 6.30. The minimum atomic E-state index is -0.657. The molecular weight excluding hydrogens is 400 g/mol. The topological polar surface area (TPSA) is 58.6 Å². The molecule has 5 nitrogen and oxygen atoms in total. The summed E-state index contributed by atoms with van der Waals surface area (Å²) in [7, 11) is 0. The summed E-state index contributed by atoms with van der Waals surface area (Å²) in [5.74, 6) is 0.153. The first-order valence-corrected chi connectivity index (χ1v) is 10.4. The highest BCUT2D eigenvalue weighted by atomic mass is 35.5. The Morgan fingerprint density at radius 1 is 1.07 bits per heavy atom. The predicted molar refractivity (Wildman–Crippen MR) is 121 cm³/mol. The number of amides is 2. The molecule has 0 fully saturated rings. The summed E-state index contributed by atoms with van der Waals surface area (Å²) in [6, 6.07) is 12.3. The zero-order valence-corrected chi connectivity index (χ0v) is 19.3. The van der Waals surface area contributed by atoms with Crippen LogP contribution in [0.4, 0.5) is 0 Å². The van der Waals surface area contributed by atoms with Crippen LogP contribution in [0.2, 0.25) is 5.02 Å². The lowest BCUT2D eigenvalue weighted by molar-refractivity contribution is -0.142. The lowest BCUT2D eigenvalue weighted by atomic mass is 10.1. The first kappa shape index (κ1) is 23.7. The molecule has 6 heteroatoms. The third kappa shape index (κ3) is 7.06. The van der Waals surface area contributed by atoms with E-state index >= 15 is 0 Å². The third-order valence-corrected chi connectivity index (χ3v) is 5.02. The summed E-state index contributed by atoms with van der Waals surface area (Å²) in [6.07, 6.45) is 0. The van der Waals surface area contributed by atoms with Crippen molar-refractivity contribution in [2.24, 2.45) is 0 Å². The molecule has 2 rings (SSSR count). The fourth-order valence-corrected chi connectivity index (χ4v) is 3.00. The zero-order chi connectivity index (χ0) is 22.5. The van der Waals surface area contributed by atoms with Gasteiger partial charge in [0.1, 0.15) is 11.8 Å². The molecule has 0 aromatic heterocycles. The summed E-state index contributed by atoms with van der Waals surface area (Å²) < 4.78 is 5.73. The lowest BCUT2D eigenvalue weighted by Crippen LogP contribution is -2.53. The maximum absolute atomic E-state index is 13.0. The number of ether oxygens (including phenoxy) is 1. The molecule has 0 radical (unpaired) electrons. The van der Waals surface area contributed by atoms with Crippen LogP contribution in [0.25, 0.3) is 0 Å². The van der Waals surface area contributed by atoms with Crippen LogP contribution in [0.1, 0.15) is 44.4 Å². The van der Waals surface area contributed by atoms with Gasteiger partial charge in [0.05, 0.1) is 0 Å². The molecule has 0 saturated heterocycles. The average molecular weight is 431 g/mol. The van der Waals surface area contributed by atoms with E-state index in [1.807, 2.05) is 65.0 Å². The lowest BCUT2D eigenvalue weighted by Gasteiger charge is -2.31. The highest BCUT2D eigenvalue weighted by Gasteiger charge is 2.28. The van der Waals surface area contributed by atoms with Gasteiger partial charge in [-0.1, -0.05) is 29.8 Å². The number of benzene rings is 2. The van der Waals surface area contributed by atoms with Crippen molar-refractivity contribution in [3.63, 3.8) is 0 Å². The van der Waals surface area contributed by atoms with Crippen LogP contribution in [0, 0.1) is 13.8 Å². The molecular formula is C24H31ClN2O3. The minimum absolute atomic E-state index is 0.150. The van der Waals surface area contributed by atoms with Crippen LogP contribution in [0.3, 0.4) is 0 Å². The molecule has 0 aliphatic heterocycles. The fraction of sp³-hybridized carbons (Fsp3) is 0.417. The summed E-state index contributed by atoms with van der Waals surface area (Å²) in [5, 5.41) is 3.56. The van der Waals surface area contributed by atoms with Gasteiger partial charge in [0.15, 0.2) is 6.61 Å². The molecule has 0 unspecified atom stereocenters. The Hall–Kier alpha value is -2.53. The van der Waals surface area contributed by atoms with Crippen LogP contribution < -0.4 is 10.1 Å². The number of hydrogen-bond donors (Lipinski definition) is 1. The molecule has 0 heterocycles. The molecule has 1 atom stereocenters. The van der Waals surface area contributed by atoms with Gasteiger partial charge < -0.3 is 15.0 Å². The van der Waals surface area contributed by atoms with Gasteiger partial charge in [-0.15, -0.1) is 0 Å². The first-order chi connectivity index (χ1) is 14.0. The van der Waals surface area contributed by atoms with E-state index in [1.54, 1.807) is 19.1 Å². The average Bonchev–Trinajstić information content (AvgIpc) is 2.66. The van der Waals surface area contributed by atoms with Crippen molar-refractivity contribution in [1.29, 1.82) is 0 Å². The van der Waals surface area contributed by atoms with Crippen LogP contribution in [-0.4, -0.2) is 34.9 Å². The molecule has 30 heavy (non-hydrogen) atoms. The number of nitrogens with zero attached hydrogens (tertiary/aromatic N) is 1. The van der Waals surface area contributed by atoms with Crippen molar-refractivity contribution < 1.29 is 14.3 Å². The summed E-state index contributed by atoms with van der Waals surface area (Å²) >= 11 is 5.97. The fourth-order valence-electron chi connectivity index (χ4n) is 2.87. The molecule has 2 aromatic rings. The molecule has 0 spiro atoms. The minimum Gasteiger partial charge on any atom is -0.484 e. The molecule has 2 aromatic carbocycles. The van der Waals surface area contributed by atoms with Crippen LogP contribution in [0.5, 0.6) is 5.75 Å². The SMILES string of the molecule is Cc1ccc(OCC(=O)N(Cc2ccc(Cl)cc2)[C@@H](C)C(=O)NC(C)(C)C)cc1C. The molecule has 0 aliphatic rings. The molecule has 2 amide bonds. The van der Waals surface area contributed by atoms with Gasteiger partial charge >= 0.3 is 0 Å². The normalized spacial score (nSPS) is 12.2. The summed E-state index contributed by atoms with van der Waals surface area (Å²) in [5.41, 5.74) is 2.74. The summed E-state index contributed by atoms with van der Waals surface area (Å²) in [4.78, 5) is 27.3. The van der Waals surface area contributed by atoms with Crippen LogP contribution in [-0.2, 0) is 16.1 Å². The number of halogens is 1. The van der Waals surface area contributed by atoms with Gasteiger partial charge in [-0.3, -0.25) is 9.59 Å².